The van der Waals surface area contributed by atoms with Crippen molar-refractivity contribution < 1.29 is 5.11 Å². The maximum atomic E-state index is 9.55. The lowest BCUT2D eigenvalue weighted by atomic mass is 9.88. The van der Waals surface area contributed by atoms with Crippen molar-refractivity contribution in [3.05, 3.63) is 12.4 Å². The van der Waals surface area contributed by atoms with Crippen molar-refractivity contribution in [2.75, 3.05) is 41.4 Å². The predicted molar refractivity (Wildman–Crippen MR) is 90.1 cm³/mol. The Balaban J connectivity index is 2.02. The van der Waals surface area contributed by atoms with Gasteiger partial charge in [0.15, 0.2) is 0 Å². The van der Waals surface area contributed by atoms with Crippen LogP contribution in [0.15, 0.2) is 12.4 Å². The van der Waals surface area contributed by atoms with Crippen LogP contribution in [-0.4, -0.2) is 52.3 Å². The second-order valence-electron chi connectivity index (χ2n) is 6.65. The summed E-state index contributed by atoms with van der Waals surface area (Å²) in [6.07, 6.45) is 2.49. The molecule has 1 aliphatic heterocycles. The summed E-state index contributed by atoms with van der Waals surface area (Å²) in [6, 6.07) is 2.01. The van der Waals surface area contributed by atoms with Crippen LogP contribution in [0.5, 0.6) is 0 Å². The molecule has 1 aromatic heterocycles. The summed E-state index contributed by atoms with van der Waals surface area (Å²) < 4.78 is 0. The van der Waals surface area contributed by atoms with E-state index in [9.17, 15) is 5.11 Å². The van der Waals surface area contributed by atoms with Crippen molar-refractivity contribution in [3.8, 4) is 0 Å². The Labute approximate surface area is 131 Å². The summed E-state index contributed by atoms with van der Waals surface area (Å²) >= 11 is 1.98. The van der Waals surface area contributed by atoms with Crippen LogP contribution < -0.4 is 10.2 Å². The van der Waals surface area contributed by atoms with E-state index in [1.54, 1.807) is 6.33 Å². The number of nitrogens with zero attached hydrogens (tertiary/aromatic N) is 3. The Hall–Kier alpha value is -1.01. The maximum Gasteiger partial charge on any atom is 0.134 e. The minimum Gasteiger partial charge on any atom is -0.394 e. The largest absolute Gasteiger partial charge is 0.394 e. The first-order chi connectivity index (χ1) is 9.98. The molecule has 0 spiro atoms. The van der Waals surface area contributed by atoms with E-state index in [0.29, 0.717) is 0 Å². The highest BCUT2D eigenvalue weighted by molar-refractivity contribution is 7.99. The van der Waals surface area contributed by atoms with Crippen molar-refractivity contribution in [1.29, 1.82) is 0 Å². The molecule has 5 nitrogen and oxygen atoms in total. The zero-order valence-electron chi connectivity index (χ0n) is 13.2. The van der Waals surface area contributed by atoms with E-state index in [1.807, 2.05) is 17.8 Å². The maximum absolute atomic E-state index is 9.55. The standard InChI is InChI=1S/C15H26N4OS/c1-15(2,3)9-12(10-20)18-13-8-14(17-11-16-13)19-4-6-21-7-5-19/h8,11-12,20H,4-7,9-10H2,1-3H3,(H,16,17,18)/t12-/m0/s1. The molecular weight excluding hydrogens is 284 g/mol. The smallest absolute Gasteiger partial charge is 0.134 e. The van der Waals surface area contributed by atoms with Crippen LogP contribution in [0.2, 0.25) is 0 Å². The molecule has 0 aliphatic carbocycles. The highest BCUT2D eigenvalue weighted by Crippen LogP contribution is 2.23. The van der Waals surface area contributed by atoms with Gasteiger partial charge < -0.3 is 15.3 Å². The fourth-order valence-electron chi connectivity index (χ4n) is 2.50. The molecular formula is C15H26N4OS. The van der Waals surface area contributed by atoms with Crippen LogP contribution in [0.4, 0.5) is 11.6 Å². The number of thioether (sulfide) groups is 1. The minimum absolute atomic E-state index is 0.0182. The van der Waals surface area contributed by atoms with E-state index >= 15 is 0 Å². The summed E-state index contributed by atoms with van der Waals surface area (Å²) in [6.45, 7) is 8.70. The molecule has 2 N–H and O–H groups in total. The molecule has 118 valence electrons. The summed E-state index contributed by atoms with van der Waals surface area (Å²) in [4.78, 5) is 11.0. The summed E-state index contributed by atoms with van der Waals surface area (Å²) in [5.41, 5.74) is 0.167. The zero-order chi connectivity index (χ0) is 15.3. The molecule has 2 rings (SSSR count). The van der Waals surface area contributed by atoms with Crippen LogP contribution in [0, 0.1) is 5.41 Å². The quantitative estimate of drug-likeness (QED) is 0.870. The third kappa shape index (κ3) is 5.36. The van der Waals surface area contributed by atoms with Gasteiger partial charge >= 0.3 is 0 Å². The molecule has 6 heteroatoms. The van der Waals surface area contributed by atoms with Gasteiger partial charge in [-0.1, -0.05) is 20.8 Å². The highest BCUT2D eigenvalue weighted by atomic mass is 32.2. The Morgan fingerprint density at radius 3 is 2.67 bits per heavy atom. The molecule has 2 heterocycles. The van der Waals surface area contributed by atoms with Crippen molar-refractivity contribution in [2.45, 2.75) is 33.2 Å². The van der Waals surface area contributed by atoms with Crippen LogP contribution in [0.25, 0.3) is 0 Å². The molecule has 0 amide bonds. The van der Waals surface area contributed by atoms with Gasteiger partial charge in [-0.25, -0.2) is 9.97 Å². The van der Waals surface area contributed by atoms with E-state index in [0.717, 1.165) is 42.7 Å². The van der Waals surface area contributed by atoms with Gasteiger partial charge in [0, 0.05) is 30.7 Å². The summed E-state index contributed by atoms with van der Waals surface area (Å²) in [5.74, 6) is 4.06. The monoisotopic (exact) mass is 310 g/mol. The van der Waals surface area contributed by atoms with Crippen LogP contribution in [-0.2, 0) is 0 Å². The van der Waals surface area contributed by atoms with Gasteiger partial charge in [0.1, 0.15) is 18.0 Å². The lowest BCUT2D eigenvalue weighted by Crippen LogP contribution is -2.33. The normalized spacial score (nSPS) is 17.6. The number of anilines is 2. The molecule has 0 bridgehead atoms. The zero-order valence-corrected chi connectivity index (χ0v) is 14.0. The van der Waals surface area contributed by atoms with E-state index in [2.05, 4.69) is 41.0 Å². The molecule has 0 radical (unpaired) electrons. The molecule has 1 aromatic rings. The fourth-order valence-corrected chi connectivity index (χ4v) is 3.40. The predicted octanol–water partition coefficient (Wildman–Crippen LogP) is 2.24. The molecule has 1 saturated heterocycles. The Bertz CT molecular complexity index is 444. The number of rotatable bonds is 5. The van der Waals surface area contributed by atoms with Gasteiger partial charge in [-0.05, 0) is 11.8 Å². The third-order valence-corrected chi connectivity index (χ3v) is 4.36. The number of aliphatic hydroxyl groups excluding tert-OH is 1. The molecule has 0 saturated carbocycles. The lowest BCUT2D eigenvalue weighted by Gasteiger charge is -2.28. The topological polar surface area (TPSA) is 61.3 Å². The summed E-state index contributed by atoms with van der Waals surface area (Å²) in [7, 11) is 0. The van der Waals surface area contributed by atoms with E-state index in [1.165, 1.54) is 0 Å². The van der Waals surface area contributed by atoms with Crippen molar-refractivity contribution in [3.63, 3.8) is 0 Å². The van der Waals surface area contributed by atoms with Gasteiger partial charge in [0.25, 0.3) is 0 Å². The number of hydrogen-bond donors (Lipinski definition) is 2. The van der Waals surface area contributed by atoms with Gasteiger partial charge in [0.2, 0.25) is 0 Å². The van der Waals surface area contributed by atoms with Crippen LogP contribution >= 0.6 is 11.8 Å². The molecule has 1 aliphatic rings. The van der Waals surface area contributed by atoms with E-state index in [-0.39, 0.29) is 18.1 Å². The first kappa shape index (κ1) is 16.4. The SMILES string of the molecule is CC(C)(C)C[C@@H](CO)Nc1cc(N2CCSCC2)ncn1. The van der Waals surface area contributed by atoms with Crippen molar-refractivity contribution in [2.24, 2.45) is 5.41 Å². The average molecular weight is 310 g/mol. The molecule has 1 fully saturated rings. The third-order valence-electron chi connectivity index (χ3n) is 3.42. The average Bonchev–Trinajstić information content (AvgIpc) is 2.46. The molecule has 21 heavy (non-hydrogen) atoms. The lowest BCUT2D eigenvalue weighted by molar-refractivity contribution is 0.233. The minimum atomic E-state index is 0.0182. The first-order valence-corrected chi connectivity index (χ1v) is 8.65. The Morgan fingerprint density at radius 2 is 2.05 bits per heavy atom. The molecule has 0 unspecified atom stereocenters. The number of hydrogen-bond acceptors (Lipinski definition) is 6. The molecule has 1 atom stereocenters. The Morgan fingerprint density at radius 1 is 1.33 bits per heavy atom. The second kappa shape index (κ2) is 7.31. The molecule has 0 aromatic carbocycles. The van der Waals surface area contributed by atoms with Gasteiger partial charge in [-0.15, -0.1) is 0 Å². The number of aromatic nitrogens is 2. The number of nitrogens with one attached hydrogen (secondary N) is 1. The van der Waals surface area contributed by atoms with Crippen LogP contribution in [0.3, 0.4) is 0 Å². The first-order valence-electron chi connectivity index (χ1n) is 7.50. The van der Waals surface area contributed by atoms with Crippen LogP contribution in [0.1, 0.15) is 27.2 Å². The van der Waals surface area contributed by atoms with Gasteiger partial charge in [-0.3, -0.25) is 0 Å². The highest BCUT2D eigenvalue weighted by Gasteiger charge is 2.19. The van der Waals surface area contributed by atoms with E-state index < -0.39 is 0 Å². The number of aliphatic hydroxyl groups is 1. The summed E-state index contributed by atoms with van der Waals surface area (Å²) in [5, 5.41) is 12.9. The van der Waals surface area contributed by atoms with E-state index in [4.69, 9.17) is 0 Å². The fraction of sp³-hybridized carbons (Fsp3) is 0.733. The van der Waals surface area contributed by atoms with Crippen molar-refractivity contribution in [1.82, 2.24) is 9.97 Å². The Kier molecular flexibility index (Phi) is 5.70. The van der Waals surface area contributed by atoms with Gasteiger partial charge in [-0.2, -0.15) is 11.8 Å². The second-order valence-corrected chi connectivity index (χ2v) is 7.87. The van der Waals surface area contributed by atoms with Gasteiger partial charge in [0.05, 0.1) is 12.6 Å². The van der Waals surface area contributed by atoms with Crippen molar-refractivity contribution >= 4 is 23.4 Å².